The Hall–Kier alpha value is -3.39. The van der Waals surface area contributed by atoms with Crippen LogP contribution in [0.2, 0.25) is 0 Å². The van der Waals surface area contributed by atoms with Gasteiger partial charge in [-0.3, -0.25) is 14.4 Å². The third kappa shape index (κ3) is 2.70. The van der Waals surface area contributed by atoms with Crippen LogP contribution >= 0.6 is 0 Å². The molecular weight excluding hydrogens is 424 g/mol. The lowest BCUT2D eigenvalue weighted by molar-refractivity contribution is -0.147. The summed E-state index contributed by atoms with van der Waals surface area (Å²) in [5.41, 5.74) is -0.418. The molecule has 1 N–H and O–H groups in total. The molecule has 8 heteroatoms. The van der Waals surface area contributed by atoms with Crippen molar-refractivity contribution in [1.29, 1.82) is 0 Å². The van der Waals surface area contributed by atoms with Crippen molar-refractivity contribution in [3.63, 3.8) is 0 Å². The molecule has 4 aliphatic rings. The van der Waals surface area contributed by atoms with Crippen LogP contribution < -0.4 is 10.1 Å². The fourth-order valence-electron chi connectivity index (χ4n) is 6.19. The van der Waals surface area contributed by atoms with E-state index in [9.17, 15) is 14.4 Å². The van der Waals surface area contributed by atoms with Gasteiger partial charge in [-0.05, 0) is 24.3 Å². The van der Waals surface area contributed by atoms with Gasteiger partial charge in [-0.15, -0.1) is 0 Å². The van der Waals surface area contributed by atoms with Gasteiger partial charge in [-0.2, -0.15) is 0 Å². The van der Waals surface area contributed by atoms with Gasteiger partial charge in [0.1, 0.15) is 22.9 Å². The Morgan fingerprint density at radius 3 is 2.85 bits per heavy atom. The van der Waals surface area contributed by atoms with Gasteiger partial charge in [-0.1, -0.05) is 25.1 Å². The molecule has 0 saturated carbocycles. The molecule has 170 valence electrons. The summed E-state index contributed by atoms with van der Waals surface area (Å²) in [4.78, 5) is 42.0. The number of Topliss-reactive ketones (excluding diaryl/α,β-unsaturated/α-hetero) is 1. The Kier molecular flexibility index (Phi) is 4.32. The van der Waals surface area contributed by atoms with Gasteiger partial charge in [0.05, 0.1) is 43.4 Å². The van der Waals surface area contributed by atoms with Crippen molar-refractivity contribution < 1.29 is 28.3 Å². The monoisotopic (exact) mass is 448 g/mol. The van der Waals surface area contributed by atoms with Gasteiger partial charge in [0.25, 0.3) is 0 Å². The van der Waals surface area contributed by atoms with Crippen molar-refractivity contribution in [2.75, 3.05) is 12.4 Å². The molecule has 3 fully saturated rings. The number of rotatable bonds is 4. The first-order chi connectivity index (χ1) is 15.9. The number of methoxy groups -OCH3 is 1. The van der Waals surface area contributed by atoms with E-state index in [-0.39, 0.29) is 24.0 Å². The minimum absolute atomic E-state index is 0.0604. The van der Waals surface area contributed by atoms with E-state index in [1.54, 1.807) is 54.7 Å². The largest absolute Gasteiger partial charge is 0.497 e. The average molecular weight is 448 g/mol. The summed E-state index contributed by atoms with van der Waals surface area (Å²) < 4.78 is 17.2. The van der Waals surface area contributed by atoms with Crippen molar-refractivity contribution in [2.45, 2.75) is 37.1 Å². The SMILES string of the molecule is COc1cccc(NC(=O)C2C3C(=O)N4C(c5ccco5)CC(=O)C(C)C4[C@]34C=C[C@@H]2O4)c1. The first-order valence-electron chi connectivity index (χ1n) is 11.1. The predicted octanol–water partition coefficient (Wildman–Crippen LogP) is 2.73. The van der Waals surface area contributed by atoms with Crippen LogP contribution in [0, 0.1) is 17.8 Å². The molecule has 2 aromatic rings. The summed E-state index contributed by atoms with van der Waals surface area (Å²) in [6.45, 7) is 1.84. The van der Waals surface area contributed by atoms with Crippen LogP contribution in [-0.4, -0.2) is 47.4 Å². The lowest BCUT2D eigenvalue weighted by Crippen LogP contribution is -2.55. The Balaban J connectivity index is 1.37. The second kappa shape index (κ2) is 7.05. The molecule has 0 aliphatic carbocycles. The molecule has 2 amide bonds. The number of carbonyl (C=O) groups is 3. The van der Waals surface area contributed by atoms with Gasteiger partial charge in [0.2, 0.25) is 11.8 Å². The third-order valence-corrected chi connectivity index (χ3v) is 7.59. The number of piperidine rings is 1. The molecule has 1 aromatic carbocycles. The summed E-state index contributed by atoms with van der Waals surface area (Å²) in [7, 11) is 1.56. The maximum atomic E-state index is 13.9. The number of carbonyl (C=O) groups excluding carboxylic acids is 3. The average Bonchev–Trinajstić information content (AvgIpc) is 3.58. The number of hydrogen-bond donors (Lipinski definition) is 1. The predicted molar refractivity (Wildman–Crippen MR) is 116 cm³/mol. The second-order valence-electron chi connectivity index (χ2n) is 9.20. The quantitative estimate of drug-likeness (QED) is 0.723. The Morgan fingerprint density at radius 1 is 1.24 bits per heavy atom. The first-order valence-corrected chi connectivity index (χ1v) is 11.1. The summed E-state index contributed by atoms with van der Waals surface area (Å²) in [5.74, 6) is -1.01. The highest BCUT2D eigenvalue weighted by Gasteiger charge is 2.74. The van der Waals surface area contributed by atoms with Crippen LogP contribution in [0.15, 0.2) is 59.2 Å². The maximum Gasteiger partial charge on any atom is 0.231 e. The number of nitrogens with one attached hydrogen (secondary N) is 1. The highest BCUT2D eigenvalue weighted by molar-refractivity contribution is 6.00. The highest BCUT2D eigenvalue weighted by atomic mass is 16.5. The third-order valence-electron chi connectivity index (χ3n) is 7.59. The van der Waals surface area contributed by atoms with Gasteiger partial charge < -0.3 is 24.1 Å². The number of furan rings is 1. The highest BCUT2D eigenvalue weighted by Crippen LogP contribution is 2.60. The van der Waals surface area contributed by atoms with Gasteiger partial charge >= 0.3 is 0 Å². The van der Waals surface area contributed by atoms with Crippen LogP contribution in [0.4, 0.5) is 5.69 Å². The van der Waals surface area contributed by atoms with Crippen molar-refractivity contribution in [3.8, 4) is 5.75 Å². The smallest absolute Gasteiger partial charge is 0.231 e. The Morgan fingerprint density at radius 2 is 2.09 bits per heavy atom. The standard InChI is InChI=1S/C25H24N2O6/c1-13-17(28)12-16(18-7-4-10-32-18)27-22(13)25-9-8-19(33-25)20(21(25)24(27)30)23(29)26-14-5-3-6-15(11-14)31-2/h3-11,13,16,19-22H,12H2,1-2H3,(H,26,29)/t13?,16?,19-,20?,21?,22?,25-/m0/s1. The zero-order valence-corrected chi connectivity index (χ0v) is 18.3. The van der Waals surface area contributed by atoms with Gasteiger partial charge in [0, 0.05) is 24.1 Å². The van der Waals surface area contributed by atoms with E-state index in [1.165, 1.54) is 0 Å². The van der Waals surface area contributed by atoms with E-state index in [0.717, 1.165) is 0 Å². The minimum atomic E-state index is -1.00. The van der Waals surface area contributed by atoms with Crippen molar-refractivity contribution in [2.24, 2.45) is 17.8 Å². The fourth-order valence-corrected chi connectivity index (χ4v) is 6.19. The van der Waals surface area contributed by atoms with E-state index in [1.807, 2.05) is 19.1 Å². The van der Waals surface area contributed by atoms with E-state index < -0.39 is 41.5 Å². The zero-order valence-electron chi connectivity index (χ0n) is 18.3. The normalized spacial score (nSPS) is 36.1. The van der Waals surface area contributed by atoms with E-state index in [4.69, 9.17) is 13.9 Å². The summed E-state index contributed by atoms with van der Waals surface area (Å²) >= 11 is 0. The minimum Gasteiger partial charge on any atom is -0.497 e. The lowest BCUT2D eigenvalue weighted by Gasteiger charge is -2.43. The van der Waals surface area contributed by atoms with Crippen molar-refractivity contribution in [3.05, 3.63) is 60.6 Å². The maximum absolute atomic E-state index is 13.9. The number of nitrogens with zero attached hydrogens (tertiary/aromatic N) is 1. The number of ether oxygens (including phenoxy) is 2. The van der Waals surface area contributed by atoms with E-state index in [2.05, 4.69) is 5.32 Å². The fraction of sp³-hybridized carbons (Fsp3) is 0.400. The number of ketones is 1. The van der Waals surface area contributed by atoms with Crippen molar-refractivity contribution >= 4 is 23.3 Å². The Bertz CT molecular complexity index is 1170. The number of amides is 2. The molecule has 5 heterocycles. The molecule has 0 radical (unpaired) electrons. The van der Waals surface area contributed by atoms with Crippen molar-refractivity contribution in [1.82, 2.24) is 4.90 Å². The summed E-state index contributed by atoms with van der Waals surface area (Å²) in [5, 5.41) is 2.92. The summed E-state index contributed by atoms with van der Waals surface area (Å²) in [6, 6.07) is 9.62. The second-order valence-corrected chi connectivity index (χ2v) is 9.20. The molecule has 33 heavy (non-hydrogen) atoms. The molecule has 5 unspecified atom stereocenters. The lowest BCUT2D eigenvalue weighted by atomic mass is 9.70. The molecule has 3 saturated heterocycles. The molecule has 2 bridgehead atoms. The van der Waals surface area contributed by atoms with Crippen LogP contribution in [0.1, 0.15) is 25.1 Å². The molecule has 1 aromatic heterocycles. The molecule has 4 aliphatic heterocycles. The molecule has 6 rings (SSSR count). The van der Waals surface area contributed by atoms with Crippen LogP contribution in [-0.2, 0) is 19.1 Å². The molecule has 1 spiro atoms. The van der Waals surface area contributed by atoms with Crippen LogP contribution in [0.25, 0.3) is 0 Å². The van der Waals surface area contributed by atoms with Gasteiger partial charge in [0.15, 0.2) is 0 Å². The summed E-state index contributed by atoms with van der Waals surface area (Å²) in [6.07, 6.45) is 4.97. The first kappa shape index (κ1) is 20.2. The van der Waals surface area contributed by atoms with Gasteiger partial charge in [-0.25, -0.2) is 0 Å². The molecule has 7 atom stereocenters. The number of benzene rings is 1. The molecule has 8 nitrogen and oxygen atoms in total. The van der Waals surface area contributed by atoms with E-state index in [0.29, 0.717) is 17.2 Å². The van der Waals surface area contributed by atoms with E-state index >= 15 is 0 Å². The number of fused-ring (bicyclic) bond motifs is 2. The van der Waals surface area contributed by atoms with Crippen LogP contribution in [0.5, 0.6) is 5.75 Å². The number of hydrogen-bond acceptors (Lipinski definition) is 6. The Labute approximate surface area is 190 Å². The molecular formula is C25H24N2O6. The van der Waals surface area contributed by atoms with Crippen LogP contribution in [0.3, 0.4) is 0 Å². The zero-order chi connectivity index (χ0) is 22.9. The number of anilines is 1. The topological polar surface area (TPSA) is 98.1 Å².